The van der Waals surface area contributed by atoms with E-state index in [1.807, 2.05) is 103 Å². The van der Waals surface area contributed by atoms with Crippen molar-refractivity contribution in [3.8, 4) is 5.75 Å². The number of fused-ring (bicyclic) bond motifs is 1. The van der Waals surface area contributed by atoms with Crippen molar-refractivity contribution in [1.82, 2.24) is 0 Å². The first-order valence-corrected chi connectivity index (χ1v) is 9.26. The van der Waals surface area contributed by atoms with Gasteiger partial charge in [0, 0.05) is 11.1 Å². The summed E-state index contributed by atoms with van der Waals surface area (Å²) in [4.78, 5) is 12.6. The van der Waals surface area contributed by atoms with E-state index in [0.29, 0.717) is 12.2 Å². The van der Waals surface area contributed by atoms with Crippen molar-refractivity contribution in [2.75, 3.05) is 0 Å². The fraction of sp³-hybridized carbons (Fsp3) is 0.0385. The van der Waals surface area contributed by atoms with Crippen LogP contribution in [0.5, 0.6) is 5.75 Å². The van der Waals surface area contributed by atoms with Gasteiger partial charge < -0.3 is 4.74 Å². The number of rotatable bonds is 6. The smallest absolute Gasteiger partial charge is 0.185 e. The lowest BCUT2D eigenvalue weighted by Gasteiger charge is -2.09. The Morgan fingerprint density at radius 3 is 2.32 bits per heavy atom. The molecule has 2 heteroatoms. The third-order valence-electron chi connectivity index (χ3n) is 4.60. The molecular weight excluding hydrogens is 344 g/mol. The maximum atomic E-state index is 12.6. The molecule has 0 saturated heterocycles. The van der Waals surface area contributed by atoms with Gasteiger partial charge in [-0.25, -0.2) is 0 Å². The Balaban J connectivity index is 1.51. The summed E-state index contributed by atoms with van der Waals surface area (Å²) in [6.07, 6.45) is 3.42. The maximum Gasteiger partial charge on any atom is 0.185 e. The lowest BCUT2D eigenvalue weighted by molar-refractivity contribution is 0.104. The molecule has 0 fully saturated rings. The molecule has 4 aromatic carbocycles. The fourth-order valence-electron chi connectivity index (χ4n) is 3.09. The molecule has 4 aromatic rings. The normalized spacial score (nSPS) is 11.0. The second kappa shape index (κ2) is 8.36. The first kappa shape index (κ1) is 17.7. The summed E-state index contributed by atoms with van der Waals surface area (Å²) in [5.41, 5.74) is 2.67. The van der Waals surface area contributed by atoms with Gasteiger partial charge in [0.25, 0.3) is 0 Å². The van der Waals surface area contributed by atoms with Gasteiger partial charge in [0.1, 0.15) is 12.4 Å². The van der Waals surface area contributed by atoms with Gasteiger partial charge in [-0.1, -0.05) is 84.9 Å². The van der Waals surface area contributed by atoms with E-state index >= 15 is 0 Å². The Labute approximate surface area is 164 Å². The Hall–Kier alpha value is -3.65. The molecule has 0 amide bonds. The van der Waals surface area contributed by atoms with E-state index in [0.717, 1.165) is 27.6 Å². The molecule has 0 aromatic heterocycles. The van der Waals surface area contributed by atoms with Gasteiger partial charge >= 0.3 is 0 Å². The molecule has 0 spiro atoms. The summed E-state index contributed by atoms with van der Waals surface area (Å²) in [5, 5.41) is 2.19. The molecule has 0 radical (unpaired) electrons. The number of hydrogen-bond donors (Lipinski definition) is 0. The lowest BCUT2D eigenvalue weighted by atomic mass is 10.0. The molecule has 0 unspecified atom stereocenters. The minimum atomic E-state index is -0.0244. The molecular formula is C26H20O2. The number of para-hydroxylation sites is 1. The summed E-state index contributed by atoms with van der Waals surface area (Å²) in [6.45, 7) is 0.490. The maximum absolute atomic E-state index is 12.6. The van der Waals surface area contributed by atoms with E-state index in [4.69, 9.17) is 4.74 Å². The standard InChI is InChI=1S/C26H20O2/c27-25(24-15-14-21-10-4-5-12-23(21)18-24)17-16-22-11-6-7-13-26(22)28-19-20-8-2-1-3-9-20/h1-18H,19H2/b17-16+. The number of allylic oxidation sites excluding steroid dienone is 1. The van der Waals surface area contributed by atoms with Crippen molar-refractivity contribution in [2.45, 2.75) is 6.61 Å². The third kappa shape index (κ3) is 4.18. The van der Waals surface area contributed by atoms with Crippen molar-refractivity contribution in [3.05, 3.63) is 120 Å². The largest absolute Gasteiger partial charge is 0.488 e. The number of ether oxygens (including phenoxy) is 1. The molecule has 0 aliphatic rings. The van der Waals surface area contributed by atoms with E-state index in [-0.39, 0.29) is 5.78 Å². The van der Waals surface area contributed by atoms with Crippen LogP contribution in [0.3, 0.4) is 0 Å². The highest BCUT2D eigenvalue weighted by molar-refractivity contribution is 6.08. The predicted molar refractivity (Wildman–Crippen MR) is 115 cm³/mol. The van der Waals surface area contributed by atoms with Gasteiger partial charge in [-0.3, -0.25) is 4.79 Å². The summed E-state index contributed by atoms with van der Waals surface area (Å²) in [7, 11) is 0. The number of ketones is 1. The van der Waals surface area contributed by atoms with Gasteiger partial charge in [-0.2, -0.15) is 0 Å². The van der Waals surface area contributed by atoms with Crippen LogP contribution in [0.15, 0.2) is 103 Å². The zero-order valence-corrected chi connectivity index (χ0v) is 15.4. The molecule has 0 atom stereocenters. The van der Waals surface area contributed by atoms with Crippen LogP contribution in [0.1, 0.15) is 21.5 Å². The Morgan fingerprint density at radius 2 is 1.46 bits per heavy atom. The van der Waals surface area contributed by atoms with E-state index < -0.39 is 0 Å². The minimum absolute atomic E-state index is 0.0244. The van der Waals surface area contributed by atoms with Crippen LogP contribution >= 0.6 is 0 Å². The molecule has 136 valence electrons. The molecule has 0 aliphatic carbocycles. The molecule has 2 nitrogen and oxygen atoms in total. The zero-order chi connectivity index (χ0) is 19.2. The van der Waals surface area contributed by atoms with E-state index in [2.05, 4.69) is 0 Å². The summed E-state index contributed by atoms with van der Waals surface area (Å²) in [5.74, 6) is 0.734. The highest BCUT2D eigenvalue weighted by Crippen LogP contribution is 2.22. The minimum Gasteiger partial charge on any atom is -0.488 e. The van der Waals surface area contributed by atoms with Crippen LogP contribution < -0.4 is 4.74 Å². The number of hydrogen-bond acceptors (Lipinski definition) is 2. The number of carbonyl (C=O) groups excluding carboxylic acids is 1. The SMILES string of the molecule is O=C(/C=C/c1ccccc1OCc1ccccc1)c1ccc2ccccc2c1. The molecule has 0 bridgehead atoms. The monoisotopic (exact) mass is 364 g/mol. The second-order valence-electron chi connectivity index (χ2n) is 6.57. The summed E-state index contributed by atoms with van der Waals surface area (Å²) in [6, 6.07) is 31.6. The second-order valence-corrected chi connectivity index (χ2v) is 6.57. The van der Waals surface area contributed by atoms with Crippen molar-refractivity contribution < 1.29 is 9.53 Å². The zero-order valence-electron chi connectivity index (χ0n) is 15.4. The average Bonchev–Trinajstić information content (AvgIpc) is 2.77. The van der Waals surface area contributed by atoms with Crippen molar-refractivity contribution in [1.29, 1.82) is 0 Å². The number of carbonyl (C=O) groups is 1. The Morgan fingerprint density at radius 1 is 0.750 bits per heavy atom. The molecule has 0 saturated carbocycles. The summed E-state index contributed by atoms with van der Waals surface area (Å²) >= 11 is 0. The molecule has 0 heterocycles. The van der Waals surface area contributed by atoms with E-state index in [1.54, 1.807) is 6.08 Å². The molecule has 4 rings (SSSR count). The summed E-state index contributed by atoms with van der Waals surface area (Å²) < 4.78 is 5.96. The quantitative estimate of drug-likeness (QED) is 0.296. The average molecular weight is 364 g/mol. The first-order chi connectivity index (χ1) is 13.8. The number of benzene rings is 4. The third-order valence-corrected chi connectivity index (χ3v) is 4.60. The molecule has 0 aliphatic heterocycles. The predicted octanol–water partition coefficient (Wildman–Crippen LogP) is 6.31. The van der Waals surface area contributed by atoms with Gasteiger partial charge in [0.2, 0.25) is 0 Å². The van der Waals surface area contributed by atoms with Crippen LogP contribution in [-0.2, 0) is 6.61 Å². The van der Waals surface area contributed by atoms with Crippen LogP contribution in [0.4, 0.5) is 0 Å². The van der Waals surface area contributed by atoms with Crippen LogP contribution in [-0.4, -0.2) is 5.78 Å². The van der Waals surface area contributed by atoms with Crippen LogP contribution in [0.2, 0.25) is 0 Å². The van der Waals surface area contributed by atoms with Crippen molar-refractivity contribution in [2.24, 2.45) is 0 Å². The molecule has 28 heavy (non-hydrogen) atoms. The van der Waals surface area contributed by atoms with E-state index in [9.17, 15) is 4.79 Å². The Kier molecular flexibility index (Phi) is 5.30. The van der Waals surface area contributed by atoms with Gasteiger partial charge in [-0.15, -0.1) is 0 Å². The van der Waals surface area contributed by atoms with Crippen LogP contribution in [0.25, 0.3) is 16.8 Å². The van der Waals surface area contributed by atoms with Gasteiger partial charge in [0.05, 0.1) is 0 Å². The highest BCUT2D eigenvalue weighted by Gasteiger charge is 2.05. The van der Waals surface area contributed by atoms with Gasteiger partial charge in [-0.05, 0) is 40.6 Å². The topological polar surface area (TPSA) is 26.3 Å². The van der Waals surface area contributed by atoms with Crippen molar-refractivity contribution in [3.63, 3.8) is 0 Å². The van der Waals surface area contributed by atoms with E-state index in [1.165, 1.54) is 0 Å². The fourth-order valence-corrected chi connectivity index (χ4v) is 3.09. The highest BCUT2D eigenvalue weighted by atomic mass is 16.5. The van der Waals surface area contributed by atoms with Crippen LogP contribution in [0, 0.1) is 0 Å². The lowest BCUT2D eigenvalue weighted by Crippen LogP contribution is -1.97. The van der Waals surface area contributed by atoms with Gasteiger partial charge in [0.15, 0.2) is 5.78 Å². The Bertz CT molecular complexity index is 1130. The van der Waals surface area contributed by atoms with Crippen molar-refractivity contribution >= 4 is 22.6 Å². The molecule has 0 N–H and O–H groups in total. The first-order valence-electron chi connectivity index (χ1n) is 9.26.